The summed E-state index contributed by atoms with van der Waals surface area (Å²) in [6.07, 6.45) is -0.142. The van der Waals surface area contributed by atoms with E-state index < -0.39 is 33.9 Å². The summed E-state index contributed by atoms with van der Waals surface area (Å²) in [5, 5.41) is 13.2. The molecule has 0 atom stereocenters. The first-order chi connectivity index (χ1) is 10.1. The second-order valence-corrected chi connectivity index (χ2v) is 5.35. The number of nitrogens with one attached hydrogen (secondary N) is 1. The highest BCUT2D eigenvalue weighted by molar-refractivity contribution is 5.78. The third-order valence-electron chi connectivity index (χ3n) is 2.70. The number of carbonyl (C=O) groups is 2. The summed E-state index contributed by atoms with van der Waals surface area (Å²) in [6.45, 7) is 4.63. The zero-order valence-electron chi connectivity index (χ0n) is 12.5. The predicted molar refractivity (Wildman–Crippen MR) is 75.6 cm³/mol. The number of ether oxygens (including phenoxy) is 1. The number of rotatable bonds is 6. The Bertz CT molecular complexity index is 601. The van der Waals surface area contributed by atoms with E-state index in [1.807, 2.05) is 0 Å². The molecule has 0 aliphatic carbocycles. The third kappa shape index (κ3) is 5.47. The van der Waals surface area contributed by atoms with Crippen LogP contribution < -0.4 is 5.32 Å². The van der Waals surface area contributed by atoms with E-state index in [9.17, 15) is 24.1 Å². The fourth-order valence-corrected chi connectivity index (χ4v) is 1.79. The van der Waals surface area contributed by atoms with Crippen molar-refractivity contribution in [2.24, 2.45) is 0 Å². The molecule has 0 aromatic heterocycles. The molecule has 7 nitrogen and oxygen atoms in total. The number of halogens is 1. The lowest BCUT2D eigenvalue weighted by Crippen LogP contribution is -2.41. The summed E-state index contributed by atoms with van der Waals surface area (Å²) in [4.78, 5) is 32.5. The Morgan fingerprint density at radius 2 is 2.05 bits per heavy atom. The maximum atomic E-state index is 13.2. The molecular formula is C14H17FN2O5. The van der Waals surface area contributed by atoms with Crippen LogP contribution in [0.4, 0.5) is 10.1 Å². The SMILES string of the molecule is CC(=O)OC(C)(C)CNC(=O)Cc1ccc(F)c([N+](=O)[O-])c1. The Hall–Kier alpha value is -2.51. The van der Waals surface area contributed by atoms with E-state index in [4.69, 9.17) is 4.74 Å². The summed E-state index contributed by atoms with van der Waals surface area (Å²) < 4.78 is 18.2. The monoisotopic (exact) mass is 312 g/mol. The fraction of sp³-hybridized carbons (Fsp3) is 0.429. The molecule has 0 aliphatic rings. The number of benzene rings is 1. The van der Waals surface area contributed by atoms with Crippen molar-refractivity contribution in [3.63, 3.8) is 0 Å². The Kier molecular flexibility index (Phi) is 5.56. The molecule has 0 bridgehead atoms. The largest absolute Gasteiger partial charge is 0.458 e. The Morgan fingerprint density at radius 1 is 1.41 bits per heavy atom. The van der Waals surface area contributed by atoms with Gasteiger partial charge in [-0.2, -0.15) is 4.39 Å². The first-order valence-electron chi connectivity index (χ1n) is 6.50. The molecule has 22 heavy (non-hydrogen) atoms. The highest BCUT2D eigenvalue weighted by Gasteiger charge is 2.22. The van der Waals surface area contributed by atoms with Crippen LogP contribution in [0.15, 0.2) is 18.2 Å². The van der Waals surface area contributed by atoms with Crippen molar-refractivity contribution in [3.8, 4) is 0 Å². The average molecular weight is 312 g/mol. The van der Waals surface area contributed by atoms with Crippen LogP contribution in [0.5, 0.6) is 0 Å². The summed E-state index contributed by atoms with van der Waals surface area (Å²) in [6, 6.07) is 3.27. The van der Waals surface area contributed by atoms with Crippen LogP contribution in [0.2, 0.25) is 0 Å². The minimum Gasteiger partial charge on any atom is -0.458 e. The van der Waals surface area contributed by atoms with Crippen LogP contribution in [0.25, 0.3) is 0 Å². The van der Waals surface area contributed by atoms with Gasteiger partial charge in [0.2, 0.25) is 11.7 Å². The number of nitrogens with zero attached hydrogens (tertiary/aromatic N) is 1. The topological polar surface area (TPSA) is 98.5 Å². The van der Waals surface area contributed by atoms with E-state index in [0.717, 1.165) is 12.1 Å². The van der Waals surface area contributed by atoms with Gasteiger partial charge in [-0.15, -0.1) is 0 Å². The summed E-state index contributed by atoms with van der Waals surface area (Å²) in [7, 11) is 0. The predicted octanol–water partition coefficient (Wildman–Crippen LogP) is 1.73. The normalized spacial score (nSPS) is 10.9. The molecule has 1 rings (SSSR count). The smallest absolute Gasteiger partial charge is 0.305 e. The van der Waals surface area contributed by atoms with E-state index in [1.54, 1.807) is 13.8 Å². The Labute approximate surface area is 126 Å². The first-order valence-corrected chi connectivity index (χ1v) is 6.50. The molecule has 1 N–H and O–H groups in total. The van der Waals surface area contributed by atoms with E-state index in [1.165, 1.54) is 13.0 Å². The van der Waals surface area contributed by atoms with Gasteiger partial charge in [0, 0.05) is 13.0 Å². The van der Waals surface area contributed by atoms with Gasteiger partial charge in [-0.3, -0.25) is 19.7 Å². The number of esters is 1. The molecule has 1 aromatic carbocycles. The van der Waals surface area contributed by atoms with Crippen molar-refractivity contribution < 1.29 is 23.6 Å². The van der Waals surface area contributed by atoms with E-state index in [2.05, 4.69) is 5.32 Å². The second kappa shape index (κ2) is 6.97. The van der Waals surface area contributed by atoms with Gasteiger partial charge in [-0.25, -0.2) is 0 Å². The minimum absolute atomic E-state index is 0.0920. The quantitative estimate of drug-likeness (QED) is 0.490. The number of carbonyl (C=O) groups excluding carboxylic acids is 2. The Morgan fingerprint density at radius 3 is 2.59 bits per heavy atom. The van der Waals surface area contributed by atoms with Crippen molar-refractivity contribution in [1.82, 2.24) is 5.32 Å². The standard InChI is InChI=1S/C14H17FN2O5/c1-9(18)22-14(2,3)8-16-13(19)7-10-4-5-11(15)12(6-10)17(20)21/h4-6H,7-8H2,1-3H3,(H,16,19). The van der Waals surface area contributed by atoms with Crippen molar-refractivity contribution in [2.45, 2.75) is 32.8 Å². The van der Waals surface area contributed by atoms with Crippen molar-refractivity contribution >= 4 is 17.6 Å². The zero-order chi connectivity index (χ0) is 16.9. The molecule has 120 valence electrons. The van der Waals surface area contributed by atoms with Crippen molar-refractivity contribution in [3.05, 3.63) is 39.7 Å². The molecule has 1 aromatic rings. The molecule has 0 fully saturated rings. The maximum Gasteiger partial charge on any atom is 0.305 e. The number of nitro benzene ring substituents is 1. The van der Waals surface area contributed by atoms with Gasteiger partial charge in [0.25, 0.3) is 0 Å². The molecule has 0 saturated carbocycles. The average Bonchev–Trinajstić information content (AvgIpc) is 2.37. The molecule has 0 heterocycles. The molecule has 0 spiro atoms. The second-order valence-electron chi connectivity index (χ2n) is 5.35. The van der Waals surface area contributed by atoms with Crippen LogP contribution in [-0.4, -0.2) is 28.9 Å². The molecule has 0 radical (unpaired) electrons. The molecule has 0 unspecified atom stereocenters. The molecule has 8 heteroatoms. The molecule has 0 saturated heterocycles. The summed E-state index contributed by atoms with van der Waals surface area (Å²) >= 11 is 0. The van der Waals surface area contributed by atoms with Gasteiger partial charge in [0.05, 0.1) is 17.9 Å². The van der Waals surface area contributed by atoms with Crippen LogP contribution in [0, 0.1) is 15.9 Å². The lowest BCUT2D eigenvalue weighted by atomic mass is 10.1. The van der Waals surface area contributed by atoms with E-state index >= 15 is 0 Å². The van der Waals surface area contributed by atoms with Crippen molar-refractivity contribution in [1.29, 1.82) is 0 Å². The zero-order valence-corrected chi connectivity index (χ0v) is 12.5. The number of nitro groups is 1. The van der Waals surface area contributed by atoms with E-state index in [-0.39, 0.29) is 13.0 Å². The van der Waals surface area contributed by atoms with Gasteiger partial charge in [0.15, 0.2) is 0 Å². The Balaban J connectivity index is 2.64. The maximum absolute atomic E-state index is 13.2. The van der Waals surface area contributed by atoms with Crippen LogP contribution in [0.3, 0.4) is 0 Å². The van der Waals surface area contributed by atoms with Crippen molar-refractivity contribution in [2.75, 3.05) is 6.54 Å². The lowest BCUT2D eigenvalue weighted by Gasteiger charge is -2.24. The van der Waals surface area contributed by atoms with Gasteiger partial charge < -0.3 is 10.1 Å². The molecule has 1 amide bonds. The highest BCUT2D eigenvalue weighted by Crippen LogP contribution is 2.18. The number of amides is 1. The van der Waals surface area contributed by atoms with Crippen LogP contribution in [-0.2, 0) is 20.7 Å². The first kappa shape index (κ1) is 17.5. The van der Waals surface area contributed by atoms with Gasteiger partial charge >= 0.3 is 11.7 Å². The molecule has 0 aliphatic heterocycles. The van der Waals surface area contributed by atoms with Crippen LogP contribution >= 0.6 is 0 Å². The van der Waals surface area contributed by atoms with Gasteiger partial charge in [0.1, 0.15) is 5.60 Å². The van der Waals surface area contributed by atoms with Crippen LogP contribution in [0.1, 0.15) is 26.3 Å². The molecular weight excluding hydrogens is 295 g/mol. The summed E-state index contributed by atoms with van der Waals surface area (Å²) in [5.74, 6) is -1.83. The number of hydrogen-bond donors (Lipinski definition) is 1. The fourth-order valence-electron chi connectivity index (χ4n) is 1.79. The third-order valence-corrected chi connectivity index (χ3v) is 2.70. The number of hydrogen-bond acceptors (Lipinski definition) is 5. The van der Waals surface area contributed by atoms with Gasteiger partial charge in [-0.1, -0.05) is 6.07 Å². The lowest BCUT2D eigenvalue weighted by molar-refractivity contribution is -0.387. The van der Waals surface area contributed by atoms with Gasteiger partial charge in [-0.05, 0) is 25.5 Å². The highest BCUT2D eigenvalue weighted by atomic mass is 19.1. The summed E-state index contributed by atoms with van der Waals surface area (Å²) in [5.41, 5.74) is -1.22. The minimum atomic E-state index is -0.954. The van der Waals surface area contributed by atoms with E-state index in [0.29, 0.717) is 5.56 Å².